The number of aliphatic hydroxyl groups excluding tert-OH is 2. The number of aliphatic hydroxyl groups is 2. The third kappa shape index (κ3) is 3.12. The second-order valence-corrected chi connectivity index (χ2v) is 4.03. The molecule has 2 N–H and O–H groups in total. The van der Waals surface area contributed by atoms with Crippen LogP contribution >= 0.6 is 15.9 Å². The van der Waals surface area contributed by atoms with Gasteiger partial charge in [-0.25, -0.2) is 0 Å². The lowest BCUT2D eigenvalue weighted by Gasteiger charge is -2.18. The number of halogens is 1. The van der Waals surface area contributed by atoms with Gasteiger partial charge in [0.1, 0.15) is 12.4 Å². The lowest BCUT2D eigenvalue weighted by molar-refractivity contribution is 0.0170. The Bertz CT molecular complexity index is 327. The summed E-state index contributed by atoms with van der Waals surface area (Å²) in [6.07, 6.45) is -0.747. The molecule has 0 radical (unpaired) electrons. The van der Waals surface area contributed by atoms with Crippen molar-refractivity contribution in [1.29, 1.82) is 0 Å². The van der Waals surface area contributed by atoms with Crippen molar-refractivity contribution in [1.82, 2.24) is 0 Å². The molecule has 1 rings (SSSR count). The number of hydrogen-bond acceptors (Lipinski definition) is 3. The highest BCUT2D eigenvalue weighted by atomic mass is 79.9. The lowest BCUT2D eigenvalue weighted by atomic mass is 9.98. The predicted octanol–water partition coefficient (Wildman–Crippen LogP) is 1.68. The van der Waals surface area contributed by atoms with Crippen molar-refractivity contribution in [3.63, 3.8) is 0 Å². The van der Waals surface area contributed by atoms with E-state index in [1.165, 1.54) is 0 Å². The molecule has 0 spiro atoms. The zero-order valence-corrected chi connectivity index (χ0v) is 9.72. The summed E-state index contributed by atoms with van der Waals surface area (Å²) in [6, 6.07) is 6.71. The fraction of sp³-hybridized carbons (Fsp3) is 0.364. The van der Waals surface area contributed by atoms with E-state index in [4.69, 9.17) is 0 Å². The molecule has 0 aliphatic rings. The van der Waals surface area contributed by atoms with Crippen molar-refractivity contribution >= 4 is 22.2 Å². The molecule has 0 aliphatic heterocycles. The van der Waals surface area contributed by atoms with Gasteiger partial charge in [0.05, 0.1) is 6.10 Å². The maximum atomic E-state index is 10.7. The van der Waals surface area contributed by atoms with E-state index < -0.39 is 12.2 Å². The molecule has 0 fully saturated rings. The van der Waals surface area contributed by atoms with E-state index in [9.17, 15) is 15.0 Å². The summed E-state index contributed by atoms with van der Waals surface area (Å²) in [4.78, 5) is 10.7. The average molecular weight is 273 g/mol. The maximum absolute atomic E-state index is 10.7. The Morgan fingerprint density at radius 3 is 2.60 bits per heavy atom. The summed E-state index contributed by atoms with van der Waals surface area (Å²) in [5, 5.41) is 20.0. The average Bonchev–Trinajstić information content (AvgIpc) is 2.28. The molecule has 0 aliphatic carbocycles. The van der Waals surface area contributed by atoms with E-state index in [2.05, 4.69) is 15.9 Å². The van der Waals surface area contributed by atoms with Crippen molar-refractivity contribution in [3.8, 4) is 0 Å². The van der Waals surface area contributed by atoms with E-state index in [0.717, 1.165) is 0 Å². The molecule has 4 heteroatoms. The number of rotatable bonds is 5. The summed E-state index contributed by atoms with van der Waals surface area (Å²) in [5.74, 6) is 0. The first-order valence-electron chi connectivity index (χ1n) is 4.67. The van der Waals surface area contributed by atoms with E-state index in [1.807, 2.05) is 0 Å². The molecule has 0 aromatic heterocycles. The molecule has 15 heavy (non-hydrogen) atoms. The first kappa shape index (κ1) is 12.4. The van der Waals surface area contributed by atoms with Crippen LogP contribution in [-0.2, 0) is 0 Å². The fourth-order valence-corrected chi connectivity index (χ4v) is 1.83. The topological polar surface area (TPSA) is 57.5 Å². The van der Waals surface area contributed by atoms with Crippen molar-refractivity contribution in [2.24, 2.45) is 0 Å². The second-order valence-electron chi connectivity index (χ2n) is 3.24. The monoisotopic (exact) mass is 272 g/mol. The van der Waals surface area contributed by atoms with Crippen LogP contribution in [0.5, 0.6) is 0 Å². The van der Waals surface area contributed by atoms with Crippen molar-refractivity contribution in [2.75, 3.05) is 5.33 Å². The molecule has 0 heterocycles. The molecule has 2 unspecified atom stereocenters. The zero-order valence-electron chi connectivity index (χ0n) is 8.14. The van der Waals surface area contributed by atoms with Gasteiger partial charge in [0.25, 0.3) is 0 Å². The Kier molecular flexibility index (Phi) is 4.94. The summed E-state index contributed by atoms with van der Waals surface area (Å²) in [6.45, 7) is 0. The van der Waals surface area contributed by atoms with Gasteiger partial charge in [-0.15, -0.1) is 0 Å². The zero-order chi connectivity index (χ0) is 11.3. The number of carbonyl (C=O) groups excluding carboxylic acids is 1. The molecule has 0 bridgehead atoms. The van der Waals surface area contributed by atoms with Crippen LogP contribution in [0, 0.1) is 0 Å². The predicted molar refractivity (Wildman–Crippen MR) is 61.2 cm³/mol. The number of carbonyl (C=O) groups is 1. The first-order valence-corrected chi connectivity index (χ1v) is 5.79. The number of alkyl halides is 1. The SMILES string of the molecule is O=Cc1ccccc1C(O)C(O)CCBr. The molecule has 0 amide bonds. The maximum Gasteiger partial charge on any atom is 0.150 e. The Labute approximate surface area is 96.9 Å². The van der Waals surface area contributed by atoms with Crippen LogP contribution in [-0.4, -0.2) is 27.9 Å². The van der Waals surface area contributed by atoms with Gasteiger partial charge in [-0.05, 0) is 12.0 Å². The third-order valence-electron chi connectivity index (χ3n) is 2.21. The smallest absolute Gasteiger partial charge is 0.150 e. The van der Waals surface area contributed by atoms with Crippen LogP contribution in [0.4, 0.5) is 0 Å². The van der Waals surface area contributed by atoms with Crippen LogP contribution < -0.4 is 0 Å². The highest BCUT2D eigenvalue weighted by Crippen LogP contribution is 2.22. The van der Waals surface area contributed by atoms with Crippen LogP contribution in [0.25, 0.3) is 0 Å². The van der Waals surface area contributed by atoms with E-state index in [-0.39, 0.29) is 0 Å². The van der Waals surface area contributed by atoms with Gasteiger partial charge in [-0.1, -0.05) is 40.2 Å². The molecular formula is C11H13BrO3. The molecule has 1 aromatic carbocycles. The molecular weight excluding hydrogens is 260 g/mol. The molecule has 3 nitrogen and oxygen atoms in total. The lowest BCUT2D eigenvalue weighted by Crippen LogP contribution is -2.19. The van der Waals surface area contributed by atoms with Gasteiger partial charge in [-0.2, -0.15) is 0 Å². The fourth-order valence-electron chi connectivity index (χ4n) is 1.36. The van der Waals surface area contributed by atoms with Gasteiger partial charge >= 0.3 is 0 Å². The number of hydrogen-bond donors (Lipinski definition) is 2. The highest BCUT2D eigenvalue weighted by Gasteiger charge is 2.19. The van der Waals surface area contributed by atoms with Crippen molar-refractivity contribution in [3.05, 3.63) is 35.4 Å². The van der Waals surface area contributed by atoms with Crippen LogP contribution in [0.2, 0.25) is 0 Å². The number of benzene rings is 1. The van der Waals surface area contributed by atoms with Crippen molar-refractivity contribution < 1.29 is 15.0 Å². The number of aldehydes is 1. The minimum Gasteiger partial charge on any atom is -0.390 e. The molecule has 0 saturated carbocycles. The Hall–Kier alpha value is -0.710. The van der Waals surface area contributed by atoms with Crippen LogP contribution in [0.15, 0.2) is 24.3 Å². The summed E-state index contributed by atoms with van der Waals surface area (Å²) < 4.78 is 0. The largest absolute Gasteiger partial charge is 0.390 e. The Balaban J connectivity index is 2.89. The first-order chi connectivity index (χ1) is 7.20. The summed E-state index contributed by atoms with van der Waals surface area (Å²) in [7, 11) is 0. The van der Waals surface area contributed by atoms with Gasteiger partial charge < -0.3 is 10.2 Å². The standard InChI is InChI=1S/C11H13BrO3/c12-6-5-10(14)11(15)9-4-2-1-3-8(9)7-13/h1-4,7,10-11,14-15H,5-6H2. The third-order valence-corrected chi connectivity index (χ3v) is 2.67. The molecule has 0 saturated heterocycles. The van der Waals surface area contributed by atoms with Gasteiger partial charge in [0.2, 0.25) is 0 Å². The second kappa shape index (κ2) is 6.00. The quantitative estimate of drug-likeness (QED) is 0.634. The Morgan fingerprint density at radius 1 is 1.33 bits per heavy atom. The molecule has 82 valence electrons. The highest BCUT2D eigenvalue weighted by molar-refractivity contribution is 9.09. The van der Waals surface area contributed by atoms with Gasteiger partial charge in [0, 0.05) is 10.9 Å². The van der Waals surface area contributed by atoms with E-state index in [0.29, 0.717) is 29.2 Å². The van der Waals surface area contributed by atoms with Gasteiger partial charge in [0.15, 0.2) is 0 Å². The van der Waals surface area contributed by atoms with E-state index >= 15 is 0 Å². The Morgan fingerprint density at radius 2 is 2.00 bits per heavy atom. The normalized spacial score (nSPS) is 14.6. The van der Waals surface area contributed by atoms with E-state index in [1.54, 1.807) is 24.3 Å². The summed E-state index contributed by atoms with van der Waals surface area (Å²) in [5.41, 5.74) is 0.888. The molecule has 1 aromatic rings. The minimum absolute atomic E-state index is 0.415. The summed E-state index contributed by atoms with van der Waals surface area (Å²) >= 11 is 3.19. The van der Waals surface area contributed by atoms with Gasteiger partial charge in [-0.3, -0.25) is 4.79 Å². The van der Waals surface area contributed by atoms with Crippen LogP contribution in [0.1, 0.15) is 28.4 Å². The van der Waals surface area contributed by atoms with Crippen molar-refractivity contribution in [2.45, 2.75) is 18.6 Å². The minimum atomic E-state index is -1.01. The van der Waals surface area contributed by atoms with Crippen LogP contribution in [0.3, 0.4) is 0 Å². The molecule has 2 atom stereocenters.